The van der Waals surface area contributed by atoms with Crippen molar-refractivity contribution in [2.24, 2.45) is 11.8 Å². The van der Waals surface area contributed by atoms with Crippen LogP contribution in [0.3, 0.4) is 0 Å². The first-order valence-corrected chi connectivity index (χ1v) is 8.39. The van der Waals surface area contributed by atoms with Gasteiger partial charge in [-0.1, -0.05) is 20.8 Å². The second-order valence-corrected chi connectivity index (χ2v) is 6.99. The average molecular weight is 282 g/mol. The Kier molecular flexibility index (Phi) is 4.37. The van der Waals surface area contributed by atoms with Crippen LogP contribution in [0.1, 0.15) is 40.0 Å². The zero-order chi connectivity index (χ0) is 14.2. The van der Waals surface area contributed by atoms with Crippen molar-refractivity contribution in [3.63, 3.8) is 0 Å². The Morgan fingerprint density at radius 3 is 2.40 bits per heavy atom. The maximum atomic E-state index is 5.97. The molecule has 3 rings (SSSR count). The van der Waals surface area contributed by atoms with E-state index >= 15 is 0 Å². The van der Waals surface area contributed by atoms with Gasteiger partial charge in [-0.2, -0.15) is 0 Å². The largest absolute Gasteiger partial charge is 0.347 e. The van der Waals surface area contributed by atoms with E-state index in [-0.39, 0.29) is 5.79 Å². The Bertz CT molecular complexity index is 320. The predicted molar refractivity (Wildman–Crippen MR) is 79.6 cm³/mol. The van der Waals surface area contributed by atoms with Gasteiger partial charge in [-0.25, -0.2) is 0 Å². The molecule has 1 aliphatic carbocycles. The molecule has 1 N–H and O–H groups in total. The third-order valence-corrected chi connectivity index (χ3v) is 5.59. The Balaban J connectivity index is 1.72. The summed E-state index contributed by atoms with van der Waals surface area (Å²) in [6.45, 7) is 12.0. The zero-order valence-electron chi connectivity index (χ0n) is 13.2. The molecule has 3 fully saturated rings. The van der Waals surface area contributed by atoms with Crippen LogP contribution < -0.4 is 5.32 Å². The van der Waals surface area contributed by atoms with Gasteiger partial charge in [0.1, 0.15) is 0 Å². The van der Waals surface area contributed by atoms with Gasteiger partial charge >= 0.3 is 0 Å². The fraction of sp³-hybridized carbons (Fsp3) is 1.00. The van der Waals surface area contributed by atoms with Crippen molar-refractivity contribution in [1.82, 2.24) is 10.2 Å². The van der Waals surface area contributed by atoms with Crippen molar-refractivity contribution < 1.29 is 9.47 Å². The van der Waals surface area contributed by atoms with Crippen molar-refractivity contribution in [3.05, 3.63) is 0 Å². The van der Waals surface area contributed by atoms with E-state index in [0.717, 1.165) is 50.9 Å². The van der Waals surface area contributed by atoms with Crippen LogP contribution in [0.5, 0.6) is 0 Å². The van der Waals surface area contributed by atoms with Crippen LogP contribution in [0, 0.1) is 11.8 Å². The lowest BCUT2D eigenvalue weighted by Gasteiger charge is -2.45. The summed E-state index contributed by atoms with van der Waals surface area (Å²) in [5.41, 5.74) is 0. The molecule has 0 amide bonds. The van der Waals surface area contributed by atoms with Gasteiger partial charge in [0, 0.05) is 38.0 Å². The molecule has 4 atom stereocenters. The third kappa shape index (κ3) is 2.76. The molecule has 20 heavy (non-hydrogen) atoms. The molecule has 116 valence electrons. The van der Waals surface area contributed by atoms with Crippen LogP contribution in [-0.2, 0) is 9.47 Å². The van der Waals surface area contributed by atoms with Gasteiger partial charge in [-0.15, -0.1) is 0 Å². The smallest absolute Gasteiger partial charge is 0.170 e. The summed E-state index contributed by atoms with van der Waals surface area (Å²) in [7, 11) is 0. The molecule has 0 aromatic carbocycles. The van der Waals surface area contributed by atoms with Crippen LogP contribution in [0.4, 0.5) is 0 Å². The second kappa shape index (κ2) is 5.91. The number of ether oxygens (including phenoxy) is 2. The molecule has 4 nitrogen and oxygen atoms in total. The van der Waals surface area contributed by atoms with Crippen molar-refractivity contribution in [2.75, 3.05) is 32.8 Å². The summed E-state index contributed by atoms with van der Waals surface area (Å²) in [5, 5.41) is 3.69. The van der Waals surface area contributed by atoms with E-state index in [1.54, 1.807) is 0 Å². The van der Waals surface area contributed by atoms with Gasteiger partial charge in [-0.3, -0.25) is 4.90 Å². The Labute approximate surface area is 123 Å². The number of hydrogen-bond donors (Lipinski definition) is 1. The molecular weight excluding hydrogens is 252 g/mol. The Morgan fingerprint density at radius 2 is 1.80 bits per heavy atom. The first kappa shape index (κ1) is 14.8. The molecule has 2 heterocycles. The highest BCUT2D eigenvalue weighted by Gasteiger charge is 2.48. The number of rotatable bonds is 3. The second-order valence-electron chi connectivity index (χ2n) is 6.99. The number of nitrogens with zero attached hydrogens (tertiary/aromatic N) is 1. The molecule has 4 unspecified atom stereocenters. The monoisotopic (exact) mass is 282 g/mol. The molecule has 2 saturated heterocycles. The summed E-state index contributed by atoms with van der Waals surface area (Å²) in [5.74, 6) is 1.34. The number of likely N-dealkylation sites (N-methyl/N-ethyl adjacent to an activating group) is 1. The highest BCUT2D eigenvalue weighted by molar-refractivity contribution is 4.98. The summed E-state index contributed by atoms with van der Waals surface area (Å²) in [4.78, 5) is 2.69. The number of nitrogens with one attached hydrogen (secondary N) is 1. The van der Waals surface area contributed by atoms with E-state index in [4.69, 9.17) is 9.47 Å². The molecule has 0 radical (unpaired) electrons. The lowest BCUT2D eigenvalue weighted by atomic mass is 9.84. The van der Waals surface area contributed by atoms with Gasteiger partial charge in [0.15, 0.2) is 5.79 Å². The van der Waals surface area contributed by atoms with Crippen LogP contribution in [0.2, 0.25) is 0 Å². The van der Waals surface area contributed by atoms with Crippen molar-refractivity contribution >= 4 is 0 Å². The van der Waals surface area contributed by atoms with Crippen LogP contribution >= 0.6 is 0 Å². The lowest BCUT2D eigenvalue weighted by Crippen LogP contribution is -2.57. The number of hydrogen-bond acceptors (Lipinski definition) is 4. The molecule has 1 saturated carbocycles. The van der Waals surface area contributed by atoms with Crippen molar-refractivity contribution in [2.45, 2.75) is 57.9 Å². The van der Waals surface area contributed by atoms with Gasteiger partial charge in [-0.05, 0) is 24.8 Å². The number of likely N-dealkylation sites (tertiary alicyclic amines) is 1. The third-order valence-electron chi connectivity index (χ3n) is 5.59. The highest BCUT2D eigenvalue weighted by Crippen LogP contribution is 2.39. The quantitative estimate of drug-likeness (QED) is 0.856. The first-order valence-electron chi connectivity index (χ1n) is 8.39. The van der Waals surface area contributed by atoms with Gasteiger partial charge < -0.3 is 14.8 Å². The predicted octanol–water partition coefficient (Wildman–Crippen LogP) is 1.85. The normalized spacial score (nSPS) is 41.5. The van der Waals surface area contributed by atoms with Crippen molar-refractivity contribution in [1.29, 1.82) is 0 Å². The lowest BCUT2D eigenvalue weighted by molar-refractivity contribution is -0.192. The fourth-order valence-corrected chi connectivity index (χ4v) is 4.22. The SMILES string of the molecule is CCNC1CCC2(CC1N1CC(C)C(C)C1)OCCO2. The molecule has 0 aromatic heterocycles. The van der Waals surface area contributed by atoms with E-state index < -0.39 is 0 Å². The van der Waals surface area contributed by atoms with E-state index in [0.29, 0.717) is 12.1 Å². The maximum absolute atomic E-state index is 5.97. The maximum Gasteiger partial charge on any atom is 0.170 e. The summed E-state index contributed by atoms with van der Waals surface area (Å²) in [6, 6.07) is 1.16. The molecule has 0 bridgehead atoms. The standard InChI is InChI=1S/C16H30N2O2/c1-4-17-14-5-6-16(19-7-8-20-16)9-15(14)18-10-12(2)13(3)11-18/h12-15,17H,4-11H2,1-3H3. The van der Waals surface area contributed by atoms with Crippen LogP contribution in [-0.4, -0.2) is 55.6 Å². The fourth-order valence-electron chi connectivity index (χ4n) is 4.22. The van der Waals surface area contributed by atoms with Gasteiger partial charge in [0.2, 0.25) is 0 Å². The molecule has 1 spiro atoms. The Hall–Kier alpha value is -0.160. The van der Waals surface area contributed by atoms with Crippen LogP contribution in [0.25, 0.3) is 0 Å². The summed E-state index contributed by atoms with van der Waals surface area (Å²) >= 11 is 0. The van der Waals surface area contributed by atoms with Gasteiger partial charge in [0.25, 0.3) is 0 Å². The average Bonchev–Trinajstić information content (AvgIpc) is 3.01. The molecule has 2 aliphatic heterocycles. The minimum Gasteiger partial charge on any atom is -0.347 e. The topological polar surface area (TPSA) is 33.7 Å². The minimum absolute atomic E-state index is 0.272. The molecule has 0 aromatic rings. The van der Waals surface area contributed by atoms with Crippen LogP contribution in [0.15, 0.2) is 0 Å². The molecular formula is C16H30N2O2. The zero-order valence-corrected chi connectivity index (χ0v) is 13.2. The van der Waals surface area contributed by atoms with Crippen molar-refractivity contribution in [3.8, 4) is 0 Å². The van der Waals surface area contributed by atoms with E-state index in [1.165, 1.54) is 13.1 Å². The summed E-state index contributed by atoms with van der Waals surface area (Å²) < 4.78 is 11.9. The van der Waals surface area contributed by atoms with Gasteiger partial charge in [0.05, 0.1) is 13.2 Å². The van der Waals surface area contributed by atoms with E-state index in [2.05, 4.69) is 31.0 Å². The molecule has 3 aliphatic rings. The molecule has 4 heteroatoms. The Morgan fingerprint density at radius 1 is 1.15 bits per heavy atom. The van der Waals surface area contributed by atoms with E-state index in [9.17, 15) is 0 Å². The summed E-state index contributed by atoms with van der Waals surface area (Å²) in [6.07, 6.45) is 3.24. The first-order chi connectivity index (χ1) is 9.63. The highest BCUT2D eigenvalue weighted by atomic mass is 16.7. The minimum atomic E-state index is -0.272. The van der Waals surface area contributed by atoms with E-state index in [1.807, 2.05) is 0 Å².